The number of carbonyl (C=O) groups is 1. The maximum absolute atomic E-state index is 11.9. The van der Waals surface area contributed by atoms with Crippen LogP contribution in [0.1, 0.15) is 39.0 Å². The molecule has 1 amide bonds. The molecule has 1 unspecified atom stereocenters. The van der Waals surface area contributed by atoms with Gasteiger partial charge in [-0.25, -0.2) is 0 Å². The van der Waals surface area contributed by atoms with Gasteiger partial charge in [0.25, 0.3) is 5.91 Å². The molecule has 2 N–H and O–H groups in total. The Balaban J connectivity index is 1.67. The molecule has 0 radical (unpaired) electrons. The van der Waals surface area contributed by atoms with Crippen LogP contribution in [0.3, 0.4) is 0 Å². The molecular weight excluding hydrogens is 204 g/mol. The first-order valence-electron chi connectivity index (χ1n) is 6.36. The first-order valence-corrected chi connectivity index (χ1v) is 6.36. The summed E-state index contributed by atoms with van der Waals surface area (Å²) in [6, 6.07) is 0.595. The van der Waals surface area contributed by atoms with Gasteiger partial charge in [0.2, 0.25) is 0 Å². The second-order valence-electron chi connectivity index (χ2n) is 5.02. The van der Waals surface area contributed by atoms with E-state index in [0.717, 1.165) is 32.4 Å². The highest BCUT2D eigenvalue weighted by molar-refractivity contribution is 5.84. The zero-order chi connectivity index (χ0) is 11.4. The summed E-state index contributed by atoms with van der Waals surface area (Å²) in [7, 11) is 0. The van der Waals surface area contributed by atoms with Crippen LogP contribution in [0.2, 0.25) is 0 Å². The molecule has 0 bridgehead atoms. The van der Waals surface area contributed by atoms with Gasteiger partial charge in [0, 0.05) is 19.2 Å². The van der Waals surface area contributed by atoms with Crippen molar-refractivity contribution in [3.05, 3.63) is 0 Å². The maximum atomic E-state index is 11.9. The second kappa shape index (κ2) is 5.15. The summed E-state index contributed by atoms with van der Waals surface area (Å²) in [5.41, 5.74) is -0.566. The molecule has 2 fully saturated rings. The number of rotatable bonds is 4. The number of nitrogens with one attached hydrogen (secondary N) is 2. The molecule has 2 saturated heterocycles. The zero-order valence-electron chi connectivity index (χ0n) is 10.1. The predicted molar refractivity (Wildman–Crippen MR) is 62.2 cm³/mol. The Morgan fingerprint density at radius 2 is 2.44 bits per heavy atom. The molecule has 0 aromatic heterocycles. The lowest BCUT2D eigenvalue weighted by molar-refractivity contribution is -0.139. The molecule has 2 atom stereocenters. The minimum absolute atomic E-state index is 0.0583. The number of hydrogen-bond donors (Lipinski definition) is 2. The Morgan fingerprint density at radius 1 is 1.56 bits per heavy atom. The van der Waals surface area contributed by atoms with Crippen molar-refractivity contribution in [1.29, 1.82) is 0 Å². The molecule has 2 rings (SSSR count). The number of ether oxygens (including phenoxy) is 1. The van der Waals surface area contributed by atoms with Gasteiger partial charge in [-0.3, -0.25) is 4.79 Å². The van der Waals surface area contributed by atoms with Gasteiger partial charge < -0.3 is 15.4 Å². The molecule has 0 aromatic carbocycles. The Morgan fingerprint density at radius 3 is 3.06 bits per heavy atom. The third-order valence-corrected chi connectivity index (χ3v) is 3.64. The summed E-state index contributed by atoms with van der Waals surface area (Å²) in [4.78, 5) is 11.9. The van der Waals surface area contributed by atoms with Crippen LogP contribution >= 0.6 is 0 Å². The fraction of sp³-hybridized carbons (Fsp3) is 0.917. The molecule has 0 saturated carbocycles. The molecule has 0 spiro atoms. The van der Waals surface area contributed by atoms with E-state index < -0.39 is 5.60 Å². The topological polar surface area (TPSA) is 50.4 Å². The Labute approximate surface area is 97.1 Å². The maximum Gasteiger partial charge on any atom is 0.251 e. The molecule has 4 heteroatoms. The normalized spacial score (nSPS) is 34.2. The van der Waals surface area contributed by atoms with Crippen LogP contribution in [0.25, 0.3) is 0 Å². The fourth-order valence-corrected chi connectivity index (χ4v) is 2.51. The molecule has 4 nitrogen and oxygen atoms in total. The molecule has 0 aliphatic carbocycles. The van der Waals surface area contributed by atoms with Crippen LogP contribution in [-0.4, -0.2) is 37.2 Å². The average molecular weight is 226 g/mol. The number of carbonyl (C=O) groups excluding carboxylic acids is 1. The van der Waals surface area contributed by atoms with Gasteiger partial charge in [-0.2, -0.15) is 0 Å². The molecule has 2 aliphatic heterocycles. The molecular formula is C12H22N2O2. The van der Waals surface area contributed by atoms with Crippen molar-refractivity contribution < 1.29 is 9.53 Å². The van der Waals surface area contributed by atoms with Gasteiger partial charge in [0.1, 0.15) is 5.60 Å². The molecule has 2 aliphatic rings. The van der Waals surface area contributed by atoms with Gasteiger partial charge in [0.05, 0.1) is 0 Å². The van der Waals surface area contributed by atoms with Crippen molar-refractivity contribution in [2.75, 3.05) is 19.7 Å². The first-order chi connectivity index (χ1) is 7.71. The number of amides is 1. The zero-order valence-corrected chi connectivity index (χ0v) is 10.1. The molecule has 0 aromatic rings. The summed E-state index contributed by atoms with van der Waals surface area (Å²) in [6.45, 7) is 4.49. The standard InChI is InChI=1S/C12H22N2O2/c1-12(6-3-9-16-12)11(15)14-8-5-10-4-2-7-13-10/h10,13H,2-9H2,1H3,(H,14,15)/t10-,12?/m0/s1. The summed E-state index contributed by atoms with van der Waals surface area (Å²) in [5.74, 6) is 0.0583. The van der Waals surface area contributed by atoms with Crippen molar-refractivity contribution in [3.8, 4) is 0 Å². The van der Waals surface area contributed by atoms with E-state index in [0.29, 0.717) is 12.6 Å². The smallest absolute Gasteiger partial charge is 0.251 e. The lowest BCUT2D eigenvalue weighted by Crippen LogP contribution is -2.45. The van der Waals surface area contributed by atoms with E-state index in [1.165, 1.54) is 12.8 Å². The predicted octanol–water partition coefficient (Wildman–Crippen LogP) is 0.814. The first kappa shape index (κ1) is 11.9. The Bertz CT molecular complexity index is 243. The Hall–Kier alpha value is -0.610. The summed E-state index contributed by atoms with van der Waals surface area (Å²) >= 11 is 0. The van der Waals surface area contributed by atoms with Crippen LogP contribution in [0.4, 0.5) is 0 Å². The van der Waals surface area contributed by atoms with Crippen LogP contribution in [0, 0.1) is 0 Å². The van der Waals surface area contributed by atoms with Crippen molar-refractivity contribution in [2.45, 2.75) is 50.7 Å². The molecule has 16 heavy (non-hydrogen) atoms. The summed E-state index contributed by atoms with van der Waals surface area (Å²) < 4.78 is 5.50. The van der Waals surface area contributed by atoms with Gasteiger partial charge in [-0.15, -0.1) is 0 Å². The minimum Gasteiger partial charge on any atom is -0.365 e. The summed E-state index contributed by atoms with van der Waals surface area (Å²) in [5, 5.41) is 6.41. The monoisotopic (exact) mass is 226 g/mol. The number of hydrogen-bond acceptors (Lipinski definition) is 3. The van der Waals surface area contributed by atoms with Crippen molar-refractivity contribution in [3.63, 3.8) is 0 Å². The van der Waals surface area contributed by atoms with Crippen LogP contribution < -0.4 is 10.6 Å². The highest BCUT2D eigenvalue weighted by Gasteiger charge is 2.37. The lowest BCUT2D eigenvalue weighted by atomic mass is 10.0. The van der Waals surface area contributed by atoms with E-state index in [4.69, 9.17) is 4.74 Å². The van der Waals surface area contributed by atoms with Crippen molar-refractivity contribution >= 4 is 5.91 Å². The van der Waals surface area contributed by atoms with E-state index in [-0.39, 0.29) is 5.91 Å². The Kier molecular flexibility index (Phi) is 3.82. The molecule has 2 heterocycles. The molecule has 92 valence electrons. The minimum atomic E-state index is -0.566. The fourth-order valence-electron chi connectivity index (χ4n) is 2.51. The van der Waals surface area contributed by atoms with Gasteiger partial charge in [0.15, 0.2) is 0 Å². The third-order valence-electron chi connectivity index (χ3n) is 3.64. The van der Waals surface area contributed by atoms with Crippen LogP contribution in [0.15, 0.2) is 0 Å². The van der Waals surface area contributed by atoms with Crippen LogP contribution in [0.5, 0.6) is 0 Å². The highest BCUT2D eigenvalue weighted by Crippen LogP contribution is 2.24. The van der Waals surface area contributed by atoms with Crippen LogP contribution in [-0.2, 0) is 9.53 Å². The van der Waals surface area contributed by atoms with Gasteiger partial charge in [-0.05, 0) is 45.6 Å². The highest BCUT2D eigenvalue weighted by atomic mass is 16.5. The largest absolute Gasteiger partial charge is 0.365 e. The van der Waals surface area contributed by atoms with E-state index in [1.807, 2.05) is 6.92 Å². The summed E-state index contributed by atoms with van der Waals surface area (Å²) in [6.07, 6.45) is 5.37. The SMILES string of the molecule is CC1(C(=O)NCC[C@@H]2CCCN2)CCCO1. The van der Waals surface area contributed by atoms with E-state index in [1.54, 1.807) is 0 Å². The van der Waals surface area contributed by atoms with E-state index in [2.05, 4.69) is 10.6 Å². The third kappa shape index (κ3) is 2.74. The van der Waals surface area contributed by atoms with E-state index >= 15 is 0 Å². The van der Waals surface area contributed by atoms with E-state index in [9.17, 15) is 4.79 Å². The van der Waals surface area contributed by atoms with Crippen molar-refractivity contribution in [1.82, 2.24) is 10.6 Å². The van der Waals surface area contributed by atoms with Gasteiger partial charge >= 0.3 is 0 Å². The quantitative estimate of drug-likeness (QED) is 0.746. The lowest BCUT2D eigenvalue weighted by Gasteiger charge is -2.22. The van der Waals surface area contributed by atoms with Gasteiger partial charge in [-0.1, -0.05) is 0 Å². The second-order valence-corrected chi connectivity index (χ2v) is 5.02. The van der Waals surface area contributed by atoms with Crippen molar-refractivity contribution in [2.24, 2.45) is 0 Å². The average Bonchev–Trinajstić information content (AvgIpc) is 2.90.